The van der Waals surface area contributed by atoms with Gasteiger partial charge in [-0.3, -0.25) is 9.98 Å². The van der Waals surface area contributed by atoms with E-state index in [1.54, 1.807) is 20.3 Å². The monoisotopic (exact) mass is 204 g/mol. The van der Waals surface area contributed by atoms with Crippen LogP contribution in [0.5, 0.6) is 0 Å². The smallest absolute Gasteiger partial charge is 0.0669 e. The topological polar surface area (TPSA) is 24.7 Å². The van der Waals surface area contributed by atoms with Gasteiger partial charge in [-0.1, -0.05) is 12.7 Å². The van der Waals surface area contributed by atoms with Crippen molar-refractivity contribution < 1.29 is 0 Å². The first-order chi connectivity index (χ1) is 7.08. The summed E-state index contributed by atoms with van der Waals surface area (Å²) in [5, 5.41) is 0. The predicted octanol–water partition coefficient (Wildman–Crippen LogP) is 3.23. The molecule has 0 atom stereocenters. The maximum Gasteiger partial charge on any atom is 0.0669 e. The Balaban J connectivity index is 5.04. The lowest BCUT2D eigenvalue weighted by Crippen LogP contribution is -2.05. The van der Waals surface area contributed by atoms with E-state index in [-0.39, 0.29) is 0 Å². The van der Waals surface area contributed by atoms with Crippen LogP contribution in [0.15, 0.2) is 45.4 Å². The van der Waals surface area contributed by atoms with E-state index in [1.807, 2.05) is 32.9 Å². The van der Waals surface area contributed by atoms with Gasteiger partial charge in [0.05, 0.1) is 5.71 Å². The maximum absolute atomic E-state index is 4.26. The van der Waals surface area contributed by atoms with Crippen LogP contribution in [0.1, 0.15) is 20.8 Å². The molecule has 0 unspecified atom stereocenters. The second-order valence-electron chi connectivity index (χ2n) is 3.28. The minimum atomic E-state index is 0.936. The molecule has 15 heavy (non-hydrogen) atoms. The molecule has 2 heteroatoms. The lowest BCUT2D eigenvalue weighted by Gasteiger charge is -2.09. The zero-order valence-electron chi connectivity index (χ0n) is 10.3. The lowest BCUT2D eigenvalue weighted by molar-refractivity contribution is 1.36. The summed E-state index contributed by atoms with van der Waals surface area (Å²) in [5.41, 5.74) is 4.13. The predicted molar refractivity (Wildman–Crippen MR) is 70.1 cm³/mol. The molecule has 0 aliphatic rings. The highest BCUT2D eigenvalue weighted by atomic mass is 14.7. The van der Waals surface area contributed by atoms with Crippen molar-refractivity contribution in [3.8, 4) is 0 Å². The SMILES string of the molecule is C=C(/C(C)=C\C)C(=N\C)/C(C)=C/C=N\C. The summed E-state index contributed by atoms with van der Waals surface area (Å²) in [7, 11) is 3.53. The Morgan fingerprint density at radius 3 is 2.13 bits per heavy atom. The first-order valence-corrected chi connectivity index (χ1v) is 4.97. The quantitative estimate of drug-likeness (QED) is 0.496. The van der Waals surface area contributed by atoms with Crippen LogP contribution in [0.3, 0.4) is 0 Å². The van der Waals surface area contributed by atoms with Crippen LogP contribution in [0.4, 0.5) is 0 Å². The average molecular weight is 204 g/mol. The fraction of sp³-hybridized carbons (Fsp3) is 0.385. The Morgan fingerprint density at radius 2 is 1.73 bits per heavy atom. The zero-order valence-corrected chi connectivity index (χ0v) is 10.3. The average Bonchev–Trinajstić information content (AvgIpc) is 2.25. The van der Waals surface area contributed by atoms with E-state index in [0.29, 0.717) is 0 Å². The number of rotatable bonds is 4. The van der Waals surface area contributed by atoms with Gasteiger partial charge in [-0.05, 0) is 43.6 Å². The van der Waals surface area contributed by atoms with Gasteiger partial charge in [0.1, 0.15) is 0 Å². The van der Waals surface area contributed by atoms with Crippen molar-refractivity contribution in [1.82, 2.24) is 0 Å². The molecule has 82 valence electrons. The molecule has 0 aromatic heterocycles. The summed E-state index contributed by atoms with van der Waals surface area (Å²) < 4.78 is 0. The van der Waals surface area contributed by atoms with Gasteiger partial charge in [0.2, 0.25) is 0 Å². The van der Waals surface area contributed by atoms with Gasteiger partial charge in [0.15, 0.2) is 0 Å². The van der Waals surface area contributed by atoms with Gasteiger partial charge >= 0.3 is 0 Å². The molecule has 0 heterocycles. The van der Waals surface area contributed by atoms with Crippen molar-refractivity contribution in [2.75, 3.05) is 14.1 Å². The van der Waals surface area contributed by atoms with Crippen molar-refractivity contribution in [2.45, 2.75) is 20.8 Å². The normalized spacial score (nSPS) is 14.9. The molecule has 0 rings (SSSR count). The van der Waals surface area contributed by atoms with Gasteiger partial charge in [0, 0.05) is 20.3 Å². The summed E-state index contributed by atoms with van der Waals surface area (Å²) in [6.07, 6.45) is 5.74. The molecule has 0 saturated carbocycles. The van der Waals surface area contributed by atoms with Crippen LogP contribution in [-0.4, -0.2) is 26.0 Å². The van der Waals surface area contributed by atoms with Crippen LogP contribution in [0, 0.1) is 0 Å². The standard InChI is InChI=1S/C13H20N2/c1-7-10(2)12(4)13(15-6)11(3)8-9-14-5/h7-9H,4H2,1-3,5-6H3/b10-7-,11-8+,14-9-,15-13-. The van der Waals surface area contributed by atoms with E-state index >= 15 is 0 Å². The highest BCUT2D eigenvalue weighted by molar-refractivity contribution is 6.15. The second-order valence-corrected chi connectivity index (χ2v) is 3.28. The van der Waals surface area contributed by atoms with Crippen molar-refractivity contribution in [1.29, 1.82) is 0 Å². The molecule has 2 nitrogen and oxygen atoms in total. The Labute approximate surface area is 92.8 Å². The summed E-state index contributed by atoms with van der Waals surface area (Å²) in [6.45, 7) is 10.1. The van der Waals surface area contributed by atoms with Crippen molar-refractivity contribution in [2.24, 2.45) is 9.98 Å². The Kier molecular flexibility index (Phi) is 6.27. The number of aliphatic imine (C=N–C) groups is 2. The minimum Gasteiger partial charge on any atom is -0.297 e. The van der Waals surface area contributed by atoms with Gasteiger partial charge in [0.25, 0.3) is 0 Å². The van der Waals surface area contributed by atoms with E-state index in [2.05, 4.69) is 16.6 Å². The summed E-state index contributed by atoms with van der Waals surface area (Å²) in [6, 6.07) is 0. The molecule has 0 aliphatic carbocycles. The van der Waals surface area contributed by atoms with Crippen LogP contribution in [0.2, 0.25) is 0 Å². The van der Waals surface area contributed by atoms with Crippen LogP contribution < -0.4 is 0 Å². The summed E-state index contributed by atoms with van der Waals surface area (Å²) >= 11 is 0. The third-order valence-corrected chi connectivity index (χ3v) is 2.27. The van der Waals surface area contributed by atoms with Gasteiger partial charge in [-0.15, -0.1) is 0 Å². The van der Waals surface area contributed by atoms with Crippen LogP contribution in [-0.2, 0) is 0 Å². The molecule has 0 aromatic carbocycles. The highest BCUT2D eigenvalue weighted by Gasteiger charge is 2.06. The van der Waals surface area contributed by atoms with Crippen LogP contribution >= 0.6 is 0 Å². The van der Waals surface area contributed by atoms with Crippen molar-refractivity contribution >= 4 is 11.9 Å². The van der Waals surface area contributed by atoms with E-state index in [1.165, 1.54) is 0 Å². The summed E-state index contributed by atoms with van der Waals surface area (Å²) in [5.74, 6) is 0. The second kappa shape index (κ2) is 6.93. The van der Waals surface area contributed by atoms with E-state index in [0.717, 1.165) is 22.4 Å². The van der Waals surface area contributed by atoms with E-state index in [9.17, 15) is 0 Å². The molecule has 0 saturated heterocycles. The van der Waals surface area contributed by atoms with E-state index < -0.39 is 0 Å². The molecule has 0 fully saturated rings. The number of hydrogen-bond acceptors (Lipinski definition) is 2. The molecule has 0 radical (unpaired) electrons. The molecule has 0 bridgehead atoms. The van der Waals surface area contributed by atoms with Crippen molar-refractivity contribution in [3.05, 3.63) is 35.5 Å². The molecule has 0 spiro atoms. The van der Waals surface area contributed by atoms with Crippen molar-refractivity contribution in [3.63, 3.8) is 0 Å². The highest BCUT2D eigenvalue weighted by Crippen LogP contribution is 2.14. The fourth-order valence-corrected chi connectivity index (χ4v) is 1.18. The fourth-order valence-electron chi connectivity index (χ4n) is 1.18. The van der Waals surface area contributed by atoms with Gasteiger partial charge in [-0.25, -0.2) is 0 Å². The largest absolute Gasteiger partial charge is 0.297 e. The molecule has 0 aliphatic heterocycles. The Morgan fingerprint density at radius 1 is 1.13 bits per heavy atom. The molecular weight excluding hydrogens is 184 g/mol. The Hall–Kier alpha value is -1.44. The van der Waals surface area contributed by atoms with Gasteiger partial charge < -0.3 is 0 Å². The zero-order chi connectivity index (χ0) is 11.8. The third kappa shape index (κ3) is 4.07. The Bertz CT molecular complexity index is 342. The number of nitrogens with zero attached hydrogens (tertiary/aromatic N) is 2. The maximum atomic E-state index is 4.26. The lowest BCUT2D eigenvalue weighted by atomic mass is 9.99. The minimum absolute atomic E-state index is 0.936. The first-order valence-electron chi connectivity index (χ1n) is 4.97. The molecule has 0 N–H and O–H groups in total. The van der Waals surface area contributed by atoms with E-state index in [4.69, 9.17) is 0 Å². The molecular formula is C13H20N2. The summed E-state index contributed by atoms with van der Waals surface area (Å²) in [4.78, 5) is 8.17. The molecule has 0 aromatic rings. The number of allylic oxidation sites excluding steroid dienone is 5. The van der Waals surface area contributed by atoms with Crippen LogP contribution in [0.25, 0.3) is 0 Å². The number of hydrogen-bond donors (Lipinski definition) is 0. The first kappa shape index (κ1) is 13.6. The third-order valence-electron chi connectivity index (χ3n) is 2.27. The van der Waals surface area contributed by atoms with Gasteiger partial charge in [-0.2, -0.15) is 0 Å². The molecule has 0 amide bonds.